The number of rotatable bonds is 3. The molecule has 1 saturated heterocycles. The average Bonchev–Trinajstić information content (AvgIpc) is 3.00. The Labute approximate surface area is 141 Å². The molecule has 2 aliphatic rings. The number of aromatic amines is 1. The Morgan fingerprint density at radius 1 is 1.50 bits per heavy atom. The summed E-state index contributed by atoms with van der Waals surface area (Å²) >= 11 is 0. The molecule has 2 heterocycles. The summed E-state index contributed by atoms with van der Waals surface area (Å²) in [4.78, 5) is 35.3. The second-order valence-electron chi connectivity index (χ2n) is 7.33. The van der Waals surface area contributed by atoms with Crippen LogP contribution < -0.4 is 10.5 Å². The molecule has 1 aromatic rings. The molecule has 1 amide bonds. The third-order valence-electron chi connectivity index (χ3n) is 5.08. The van der Waals surface area contributed by atoms with E-state index in [1.54, 1.807) is 9.80 Å². The van der Waals surface area contributed by atoms with Crippen molar-refractivity contribution in [3.8, 4) is 6.07 Å². The molecule has 0 spiro atoms. The van der Waals surface area contributed by atoms with E-state index in [2.05, 4.69) is 23.0 Å². The number of nitrogens with one attached hydrogen (secondary N) is 1. The van der Waals surface area contributed by atoms with Crippen LogP contribution in [0.4, 0.5) is 5.95 Å². The number of hydrogen-bond donors (Lipinski definition) is 1. The molecule has 1 aliphatic carbocycles. The number of anilines is 1. The molecule has 1 atom stereocenters. The van der Waals surface area contributed by atoms with Crippen molar-refractivity contribution in [1.29, 1.82) is 5.26 Å². The van der Waals surface area contributed by atoms with E-state index < -0.39 is 5.41 Å². The van der Waals surface area contributed by atoms with E-state index in [9.17, 15) is 14.9 Å². The van der Waals surface area contributed by atoms with Gasteiger partial charge >= 0.3 is 0 Å². The molecule has 1 unspecified atom stereocenters. The summed E-state index contributed by atoms with van der Waals surface area (Å²) in [5.74, 6) is 0.944. The summed E-state index contributed by atoms with van der Waals surface area (Å²) in [6.07, 6.45) is 2.07. The fourth-order valence-corrected chi connectivity index (χ4v) is 3.82. The van der Waals surface area contributed by atoms with Crippen LogP contribution in [0.1, 0.15) is 37.8 Å². The van der Waals surface area contributed by atoms with Gasteiger partial charge in [0.2, 0.25) is 11.9 Å². The van der Waals surface area contributed by atoms with Gasteiger partial charge in [-0.1, -0.05) is 6.92 Å². The normalized spacial score (nSPS) is 29.0. The Balaban J connectivity index is 1.75. The van der Waals surface area contributed by atoms with Gasteiger partial charge in [-0.15, -0.1) is 0 Å². The Morgan fingerprint density at radius 3 is 2.79 bits per heavy atom. The van der Waals surface area contributed by atoms with Crippen molar-refractivity contribution in [2.45, 2.75) is 32.1 Å². The second kappa shape index (κ2) is 5.93. The van der Waals surface area contributed by atoms with Crippen molar-refractivity contribution in [3.05, 3.63) is 22.1 Å². The largest absolute Gasteiger partial charge is 0.348 e. The molecule has 24 heavy (non-hydrogen) atoms. The van der Waals surface area contributed by atoms with E-state index >= 15 is 0 Å². The number of H-pyrrole nitrogens is 1. The first-order valence-electron chi connectivity index (χ1n) is 8.34. The maximum atomic E-state index is 12.8. The molecule has 1 saturated carbocycles. The van der Waals surface area contributed by atoms with E-state index in [0.29, 0.717) is 43.5 Å². The number of carbonyl (C=O) groups excluding carboxylic acids is 1. The van der Waals surface area contributed by atoms with Crippen LogP contribution >= 0.6 is 0 Å². The smallest absolute Gasteiger partial charge is 0.252 e. The average molecular weight is 329 g/mol. The molecule has 1 N–H and O–H groups in total. The lowest BCUT2D eigenvalue weighted by Gasteiger charge is -2.41. The first-order valence-corrected chi connectivity index (χ1v) is 8.34. The molecule has 1 aromatic heterocycles. The molecule has 7 heteroatoms. The number of likely N-dealkylation sites (tertiary alicyclic amines) is 1. The van der Waals surface area contributed by atoms with Gasteiger partial charge in [0.15, 0.2) is 0 Å². The van der Waals surface area contributed by atoms with Crippen molar-refractivity contribution >= 4 is 11.9 Å². The maximum absolute atomic E-state index is 12.8. The van der Waals surface area contributed by atoms with Gasteiger partial charge < -0.3 is 9.80 Å². The zero-order chi connectivity index (χ0) is 17.5. The van der Waals surface area contributed by atoms with Crippen LogP contribution in [-0.2, 0) is 4.79 Å². The first kappa shape index (κ1) is 16.5. The second-order valence-corrected chi connectivity index (χ2v) is 7.33. The van der Waals surface area contributed by atoms with Crippen LogP contribution in [0.3, 0.4) is 0 Å². The fourth-order valence-electron chi connectivity index (χ4n) is 3.82. The van der Waals surface area contributed by atoms with Gasteiger partial charge in [0.25, 0.3) is 5.56 Å². The van der Waals surface area contributed by atoms with Gasteiger partial charge in [0.05, 0.1) is 11.8 Å². The zero-order valence-electron chi connectivity index (χ0n) is 14.4. The van der Waals surface area contributed by atoms with Crippen LogP contribution in [0, 0.1) is 22.7 Å². The van der Waals surface area contributed by atoms with Crippen LogP contribution in [0.15, 0.2) is 10.9 Å². The highest BCUT2D eigenvalue weighted by molar-refractivity contribution is 5.87. The van der Waals surface area contributed by atoms with Crippen LogP contribution in [-0.4, -0.2) is 48.0 Å². The van der Waals surface area contributed by atoms with Crippen molar-refractivity contribution in [1.82, 2.24) is 14.9 Å². The highest BCUT2D eigenvalue weighted by Gasteiger charge is 2.51. The van der Waals surface area contributed by atoms with E-state index in [1.807, 2.05) is 14.1 Å². The molecule has 128 valence electrons. The lowest BCUT2D eigenvalue weighted by atomic mass is 9.63. The zero-order valence-corrected chi connectivity index (χ0v) is 14.4. The summed E-state index contributed by atoms with van der Waals surface area (Å²) in [6.45, 7) is 3.21. The molecular weight excluding hydrogens is 306 g/mol. The van der Waals surface area contributed by atoms with Gasteiger partial charge in [-0.25, -0.2) is 4.98 Å². The summed E-state index contributed by atoms with van der Waals surface area (Å²) in [5.41, 5.74) is -0.300. The highest BCUT2D eigenvalue weighted by atomic mass is 16.2. The minimum atomic E-state index is -0.829. The summed E-state index contributed by atoms with van der Waals surface area (Å²) in [7, 11) is 3.64. The van der Waals surface area contributed by atoms with E-state index in [-0.39, 0.29) is 17.4 Å². The van der Waals surface area contributed by atoms with Gasteiger partial charge in [0.1, 0.15) is 5.41 Å². The fraction of sp³-hybridized carbons (Fsp3) is 0.647. The Hall–Kier alpha value is -2.36. The van der Waals surface area contributed by atoms with Gasteiger partial charge in [-0.3, -0.25) is 14.6 Å². The van der Waals surface area contributed by atoms with Crippen molar-refractivity contribution in [2.75, 3.05) is 32.1 Å². The Morgan fingerprint density at radius 2 is 2.21 bits per heavy atom. The third kappa shape index (κ3) is 2.77. The van der Waals surface area contributed by atoms with Gasteiger partial charge in [-0.05, 0) is 25.2 Å². The summed E-state index contributed by atoms with van der Waals surface area (Å²) < 4.78 is 0. The van der Waals surface area contributed by atoms with Gasteiger partial charge in [0, 0.05) is 39.2 Å². The molecule has 3 rings (SSSR count). The number of nitrogens with zero attached hydrogens (tertiary/aromatic N) is 4. The maximum Gasteiger partial charge on any atom is 0.252 e. The Kier molecular flexibility index (Phi) is 4.08. The quantitative estimate of drug-likeness (QED) is 0.896. The van der Waals surface area contributed by atoms with E-state index in [0.717, 1.165) is 6.42 Å². The van der Waals surface area contributed by atoms with Crippen molar-refractivity contribution < 1.29 is 4.79 Å². The standard InChI is InChI=1S/C17H23N5O2/c1-11-7-17(8-11,10-18)15(24)22-5-4-12(9-22)13-6-14(23)20-16(19-13)21(2)3/h6,11-12H,4-5,7-9H2,1-3H3,(H,19,20,23). The molecule has 1 aliphatic heterocycles. The molecule has 0 radical (unpaired) electrons. The molecule has 0 aromatic carbocycles. The van der Waals surface area contributed by atoms with Crippen molar-refractivity contribution in [3.63, 3.8) is 0 Å². The molecule has 7 nitrogen and oxygen atoms in total. The number of carbonyl (C=O) groups is 1. The minimum Gasteiger partial charge on any atom is -0.348 e. The predicted octanol–water partition coefficient (Wildman–Crippen LogP) is 1.09. The topological polar surface area (TPSA) is 93.1 Å². The first-order chi connectivity index (χ1) is 11.3. The van der Waals surface area contributed by atoms with E-state index in [1.165, 1.54) is 6.07 Å². The summed E-state index contributed by atoms with van der Waals surface area (Å²) in [5, 5.41) is 9.44. The Bertz CT molecular complexity index is 742. The predicted molar refractivity (Wildman–Crippen MR) is 89.6 cm³/mol. The minimum absolute atomic E-state index is 0.0446. The van der Waals surface area contributed by atoms with Gasteiger partial charge in [-0.2, -0.15) is 5.26 Å². The third-order valence-corrected chi connectivity index (χ3v) is 5.08. The van der Waals surface area contributed by atoms with Crippen molar-refractivity contribution in [2.24, 2.45) is 11.3 Å². The number of aromatic nitrogens is 2. The SMILES string of the molecule is CC1CC(C#N)(C(=O)N2CCC(c3cc(=O)[nH]c(N(C)C)n3)C2)C1. The molecular formula is C17H23N5O2. The van der Waals surface area contributed by atoms with Crippen LogP contribution in [0.2, 0.25) is 0 Å². The monoisotopic (exact) mass is 329 g/mol. The number of hydrogen-bond acceptors (Lipinski definition) is 5. The molecule has 0 bridgehead atoms. The molecule has 2 fully saturated rings. The van der Waals surface area contributed by atoms with Crippen LogP contribution in [0.5, 0.6) is 0 Å². The number of amides is 1. The summed E-state index contributed by atoms with van der Waals surface area (Å²) in [6, 6.07) is 3.75. The van der Waals surface area contributed by atoms with Crippen LogP contribution in [0.25, 0.3) is 0 Å². The highest BCUT2D eigenvalue weighted by Crippen LogP contribution is 2.47. The number of nitriles is 1. The lowest BCUT2D eigenvalue weighted by Crippen LogP contribution is -2.49. The van der Waals surface area contributed by atoms with E-state index in [4.69, 9.17) is 0 Å². The lowest BCUT2D eigenvalue weighted by molar-refractivity contribution is -0.144.